The van der Waals surface area contributed by atoms with Crippen LogP contribution in [0.4, 0.5) is 0 Å². The summed E-state index contributed by atoms with van der Waals surface area (Å²) in [7, 11) is 0. The molecule has 1 N–H and O–H groups in total. The number of pyridine rings is 1. The summed E-state index contributed by atoms with van der Waals surface area (Å²) in [6, 6.07) is 2.24. The fourth-order valence-electron chi connectivity index (χ4n) is 1.50. The topological polar surface area (TPSA) is 59.3 Å². The van der Waals surface area contributed by atoms with Gasteiger partial charge in [-0.05, 0) is 18.4 Å². The summed E-state index contributed by atoms with van der Waals surface area (Å²) in [5.41, 5.74) is -0.303. The third-order valence-corrected chi connectivity index (χ3v) is 2.72. The summed E-state index contributed by atoms with van der Waals surface area (Å²) in [6.07, 6.45) is 1.95. The molecule has 0 amide bonds. The first-order valence-corrected chi connectivity index (χ1v) is 5.81. The third-order valence-electron chi connectivity index (χ3n) is 2.23. The maximum Gasteiger partial charge on any atom is 0.326 e. The second-order valence-electron chi connectivity index (χ2n) is 4.07. The Morgan fingerprint density at radius 1 is 1.56 bits per heavy atom. The van der Waals surface area contributed by atoms with Crippen LogP contribution >= 0.6 is 15.9 Å². The van der Waals surface area contributed by atoms with Gasteiger partial charge in [0.2, 0.25) is 0 Å². The van der Waals surface area contributed by atoms with Crippen molar-refractivity contribution in [3.63, 3.8) is 0 Å². The first kappa shape index (κ1) is 13.0. The summed E-state index contributed by atoms with van der Waals surface area (Å²) < 4.78 is 1.91. The molecular weight excluding hydrogens is 274 g/mol. The number of nitrogens with zero attached hydrogens (tertiary/aromatic N) is 1. The van der Waals surface area contributed by atoms with Gasteiger partial charge in [0, 0.05) is 16.7 Å². The fourth-order valence-corrected chi connectivity index (χ4v) is 1.82. The molecule has 1 aromatic rings. The van der Waals surface area contributed by atoms with Crippen molar-refractivity contribution in [1.82, 2.24) is 4.57 Å². The lowest BCUT2D eigenvalue weighted by Crippen LogP contribution is -2.29. The highest BCUT2D eigenvalue weighted by atomic mass is 79.9. The molecule has 0 fully saturated rings. The molecule has 0 aliphatic heterocycles. The van der Waals surface area contributed by atoms with Gasteiger partial charge in [0.15, 0.2) is 0 Å². The van der Waals surface area contributed by atoms with Crippen molar-refractivity contribution >= 4 is 21.9 Å². The van der Waals surface area contributed by atoms with Crippen LogP contribution in [0.5, 0.6) is 0 Å². The molecule has 5 heteroatoms. The Balaban J connectivity index is 3.11. The molecule has 0 saturated carbocycles. The third kappa shape index (κ3) is 3.20. The Kier molecular flexibility index (Phi) is 4.29. The number of hydrogen-bond donors (Lipinski definition) is 1. The molecule has 16 heavy (non-hydrogen) atoms. The van der Waals surface area contributed by atoms with E-state index in [1.54, 1.807) is 6.07 Å². The molecule has 1 unspecified atom stereocenters. The molecule has 0 aliphatic rings. The SMILES string of the molecule is CC(C)CC(C(=O)O)n1ccc(Br)cc1=O. The van der Waals surface area contributed by atoms with E-state index in [0.29, 0.717) is 10.9 Å². The second kappa shape index (κ2) is 5.30. The zero-order chi connectivity index (χ0) is 12.3. The summed E-state index contributed by atoms with van der Waals surface area (Å²) in [5.74, 6) is -0.755. The van der Waals surface area contributed by atoms with Gasteiger partial charge < -0.3 is 9.67 Å². The molecule has 0 spiro atoms. The predicted molar refractivity (Wildman–Crippen MR) is 64.5 cm³/mol. The van der Waals surface area contributed by atoms with Crippen molar-refractivity contribution < 1.29 is 9.90 Å². The van der Waals surface area contributed by atoms with E-state index < -0.39 is 12.0 Å². The van der Waals surface area contributed by atoms with Gasteiger partial charge in [0.1, 0.15) is 6.04 Å². The number of halogens is 1. The molecule has 1 atom stereocenters. The molecule has 1 heterocycles. The normalized spacial score (nSPS) is 12.8. The minimum atomic E-state index is -0.974. The van der Waals surface area contributed by atoms with Gasteiger partial charge in [-0.3, -0.25) is 4.79 Å². The summed E-state index contributed by atoms with van der Waals surface area (Å²) in [5, 5.41) is 9.10. The number of hydrogen-bond acceptors (Lipinski definition) is 2. The Bertz CT molecular complexity index is 439. The standard InChI is InChI=1S/C11H14BrNO3/c1-7(2)5-9(11(15)16)13-4-3-8(12)6-10(13)14/h3-4,6-7,9H,5H2,1-2H3,(H,15,16). The zero-order valence-corrected chi connectivity index (χ0v) is 10.8. The van der Waals surface area contributed by atoms with Gasteiger partial charge >= 0.3 is 5.97 Å². The Labute approximate surface area is 102 Å². The van der Waals surface area contributed by atoms with Crippen LogP contribution < -0.4 is 5.56 Å². The quantitative estimate of drug-likeness (QED) is 0.924. The number of carboxylic acids is 1. The average Bonchev–Trinajstić information content (AvgIpc) is 2.14. The number of carbonyl (C=O) groups is 1. The van der Waals surface area contributed by atoms with Crippen LogP contribution in [0.3, 0.4) is 0 Å². The second-order valence-corrected chi connectivity index (χ2v) is 4.99. The van der Waals surface area contributed by atoms with Gasteiger partial charge in [0.25, 0.3) is 5.56 Å². The Morgan fingerprint density at radius 2 is 2.19 bits per heavy atom. The highest BCUT2D eigenvalue weighted by Crippen LogP contribution is 2.17. The first-order valence-electron chi connectivity index (χ1n) is 5.02. The van der Waals surface area contributed by atoms with E-state index in [2.05, 4.69) is 15.9 Å². The van der Waals surface area contributed by atoms with E-state index in [-0.39, 0.29) is 11.5 Å². The Hall–Kier alpha value is -1.10. The number of aliphatic carboxylic acids is 1. The van der Waals surface area contributed by atoms with Crippen LogP contribution in [0, 0.1) is 5.92 Å². The summed E-state index contributed by atoms with van der Waals surface area (Å²) in [6.45, 7) is 3.86. The largest absolute Gasteiger partial charge is 0.480 e. The molecule has 88 valence electrons. The van der Waals surface area contributed by atoms with Crippen LogP contribution in [0.2, 0.25) is 0 Å². The Morgan fingerprint density at radius 3 is 2.62 bits per heavy atom. The lowest BCUT2D eigenvalue weighted by atomic mass is 10.0. The highest BCUT2D eigenvalue weighted by molar-refractivity contribution is 9.10. The number of aromatic nitrogens is 1. The molecule has 0 saturated heterocycles. The minimum absolute atomic E-state index is 0.219. The smallest absolute Gasteiger partial charge is 0.326 e. The van der Waals surface area contributed by atoms with E-state index in [4.69, 9.17) is 5.11 Å². The van der Waals surface area contributed by atoms with Gasteiger partial charge in [0.05, 0.1) is 0 Å². The first-order chi connectivity index (χ1) is 7.41. The van der Waals surface area contributed by atoms with E-state index in [1.165, 1.54) is 16.8 Å². The average molecular weight is 288 g/mol. The van der Waals surface area contributed by atoms with Gasteiger partial charge in [-0.2, -0.15) is 0 Å². The van der Waals surface area contributed by atoms with E-state index in [1.807, 2.05) is 13.8 Å². The zero-order valence-electron chi connectivity index (χ0n) is 9.18. The van der Waals surface area contributed by atoms with Crippen LogP contribution in [0.1, 0.15) is 26.3 Å². The van der Waals surface area contributed by atoms with E-state index in [9.17, 15) is 9.59 Å². The van der Waals surface area contributed by atoms with E-state index >= 15 is 0 Å². The van der Waals surface area contributed by atoms with Crippen LogP contribution in [0.25, 0.3) is 0 Å². The molecule has 0 aromatic carbocycles. The fraction of sp³-hybridized carbons (Fsp3) is 0.455. The lowest BCUT2D eigenvalue weighted by Gasteiger charge is -2.17. The van der Waals surface area contributed by atoms with Crippen molar-refractivity contribution in [1.29, 1.82) is 0 Å². The van der Waals surface area contributed by atoms with Gasteiger partial charge in [-0.15, -0.1) is 0 Å². The van der Waals surface area contributed by atoms with Crippen LogP contribution in [0.15, 0.2) is 27.6 Å². The molecule has 4 nitrogen and oxygen atoms in total. The summed E-state index contributed by atoms with van der Waals surface area (Å²) in [4.78, 5) is 22.7. The number of rotatable bonds is 4. The lowest BCUT2D eigenvalue weighted by molar-refractivity contribution is -0.141. The van der Waals surface area contributed by atoms with Gasteiger partial charge in [-0.25, -0.2) is 4.79 Å². The summed E-state index contributed by atoms with van der Waals surface area (Å²) >= 11 is 3.17. The van der Waals surface area contributed by atoms with Gasteiger partial charge in [-0.1, -0.05) is 29.8 Å². The highest BCUT2D eigenvalue weighted by Gasteiger charge is 2.21. The molecule has 1 aromatic heterocycles. The maximum absolute atomic E-state index is 11.6. The number of carboxylic acid groups (broad SMARTS) is 1. The van der Waals surface area contributed by atoms with Crippen molar-refractivity contribution in [2.45, 2.75) is 26.3 Å². The molecular formula is C11H14BrNO3. The monoisotopic (exact) mass is 287 g/mol. The van der Waals surface area contributed by atoms with Crippen molar-refractivity contribution in [2.75, 3.05) is 0 Å². The molecule has 1 rings (SSSR count). The van der Waals surface area contributed by atoms with Crippen LogP contribution in [-0.4, -0.2) is 15.6 Å². The van der Waals surface area contributed by atoms with Crippen molar-refractivity contribution in [3.05, 3.63) is 33.2 Å². The van der Waals surface area contributed by atoms with Crippen molar-refractivity contribution in [3.8, 4) is 0 Å². The predicted octanol–water partition coefficient (Wildman–Crippen LogP) is 2.28. The molecule has 0 radical (unpaired) electrons. The minimum Gasteiger partial charge on any atom is -0.480 e. The molecule has 0 aliphatic carbocycles. The van der Waals surface area contributed by atoms with Crippen molar-refractivity contribution in [2.24, 2.45) is 5.92 Å². The maximum atomic E-state index is 11.6. The molecule has 0 bridgehead atoms. The van der Waals surface area contributed by atoms with Crippen LogP contribution in [-0.2, 0) is 4.79 Å². The van der Waals surface area contributed by atoms with E-state index in [0.717, 1.165) is 0 Å².